The summed E-state index contributed by atoms with van der Waals surface area (Å²) in [5.41, 5.74) is 0. The summed E-state index contributed by atoms with van der Waals surface area (Å²) in [6.07, 6.45) is 8.19. The monoisotopic (exact) mass is 201 g/mol. The molecule has 1 aliphatic rings. The van der Waals surface area contributed by atoms with Crippen LogP contribution in [-0.4, -0.2) is 29.8 Å². The summed E-state index contributed by atoms with van der Waals surface area (Å²) in [6.45, 7) is 4.98. The Morgan fingerprint density at radius 3 is 2.46 bits per heavy atom. The lowest BCUT2D eigenvalue weighted by atomic mass is 10.1. The lowest BCUT2D eigenvalue weighted by molar-refractivity contribution is 0.216. The van der Waals surface area contributed by atoms with Crippen LogP contribution in [0.2, 0.25) is 0 Å². The van der Waals surface area contributed by atoms with Gasteiger partial charge in [-0.15, -0.1) is 0 Å². The highest BCUT2D eigenvalue weighted by Gasteiger charge is 2.20. The van der Waals surface area contributed by atoms with Gasteiger partial charge in [-0.1, -0.05) is 13.3 Å². The Labute approximate surface area is 88.3 Å². The Balaban J connectivity index is 2.26. The predicted molar refractivity (Wildman–Crippen MR) is 62.6 cm³/mol. The van der Waals surface area contributed by atoms with Gasteiger partial charge in [0.25, 0.3) is 0 Å². The van der Waals surface area contributed by atoms with E-state index in [0.717, 1.165) is 11.8 Å². The quantitative estimate of drug-likeness (QED) is 0.647. The fraction of sp³-hybridized carbons (Fsp3) is 1.00. The topological polar surface area (TPSA) is 3.24 Å². The number of likely N-dealkylation sites (tertiary alicyclic amines) is 1. The van der Waals surface area contributed by atoms with E-state index >= 15 is 0 Å². The molecule has 0 aliphatic carbocycles. The van der Waals surface area contributed by atoms with E-state index in [1.807, 2.05) is 0 Å². The van der Waals surface area contributed by atoms with E-state index < -0.39 is 0 Å². The molecular formula is C11H23NS. The fourth-order valence-corrected chi connectivity index (χ4v) is 2.46. The van der Waals surface area contributed by atoms with Crippen molar-refractivity contribution in [3.05, 3.63) is 0 Å². The van der Waals surface area contributed by atoms with E-state index in [9.17, 15) is 0 Å². The molecule has 1 unspecified atom stereocenters. The number of rotatable bonds is 6. The summed E-state index contributed by atoms with van der Waals surface area (Å²) < 4.78 is 0. The minimum Gasteiger partial charge on any atom is -0.300 e. The summed E-state index contributed by atoms with van der Waals surface area (Å²) in [5.74, 6) is 1.05. The first kappa shape index (κ1) is 11.4. The zero-order valence-corrected chi connectivity index (χ0v) is 9.73. The second-order valence-corrected chi connectivity index (χ2v) is 4.50. The van der Waals surface area contributed by atoms with Gasteiger partial charge < -0.3 is 4.90 Å². The van der Waals surface area contributed by atoms with Crippen molar-refractivity contribution in [1.29, 1.82) is 0 Å². The average molecular weight is 201 g/mol. The van der Waals surface area contributed by atoms with Crippen LogP contribution in [0.15, 0.2) is 0 Å². The molecule has 1 fully saturated rings. The first-order chi connectivity index (χ1) is 6.38. The minimum absolute atomic E-state index is 0.861. The van der Waals surface area contributed by atoms with E-state index in [2.05, 4.69) is 24.5 Å². The van der Waals surface area contributed by atoms with Crippen LogP contribution in [0.25, 0.3) is 0 Å². The van der Waals surface area contributed by atoms with Gasteiger partial charge in [-0.2, -0.15) is 12.6 Å². The number of hydrogen-bond acceptors (Lipinski definition) is 2. The third kappa shape index (κ3) is 3.90. The van der Waals surface area contributed by atoms with Crippen LogP contribution in [0, 0.1) is 0 Å². The molecule has 1 heterocycles. The van der Waals surface area contributed by atoms with Crippen LogP contribution < -0.4 is 0 Å². The Morgan fingerprint density at radius 1 is 1.23 bits per heavy atom. The van der Waals surface area contributed by atoms with E-state index in [0.29, 0.717) is 0 Å². The standard InChI is InChI=1S/C11H23NS/c1-2-6-11(7-5-10-13)12-8-3-4-9-12/h11,13H,2-10H2,1H3. The van der Waals surface area contributed by atoms with Crippen molar-refractivity contribution in [3.8, 4) is 0 Å². The molecule has 0 saturated carbocycles. The maximum atomic E-state index is 4.29. The van der Waals surface area contributed by atoms with Gasteiger partial charge in [0.05, 0.1) is 0 Å². The van der Waals surface area contributed by atoms with Gasteiger partial charge in [-0.05, 0) is 50.9 Å². The predicted octanol–water partition coefficient (Wildman–Crippen LogP) is 2.96. The molecule has 1 rings (SSSR count). The highest BCUT2D eigenvalue weighted by molar-refractivity contribution is 7.80. The van der Waals surface area contributed by atoms with Gasteiger partial charge in [-0.25, -0.2) is 0 Å². The van der Waals surface area contributed by atoms with Crippen molar-refractivity contribution in [1.82, 2.24) is 4.90 Å². The summed E-state index contributed by atoms with van der Waals surface area (Å²) in [5, 5.41) is 0. The molecule has 13 heavy (non-hydrogen) atoms. The molecule has 1 aliphatic heterocycles. The van der Waals surface area contributed by atoms with Crippen molar-refractivity contribution in [2.75, 3.05) is 18.8 Å². The van der Waals surface area contributed by atoms with Gasteiger partial charge in [0.2, 0.25) is 0 Å². The first-order valence-corrected chi connectivity index (χ1v) is 6.36. The van der Waals surface area contributed by atoms with Gasteiger partial charge in [0.1, 0.15) is 0 Å². The van der Waals surface area contributed by atoms with Crippen LogP contribution in [0.4, 0.5) is 0 Å². The number of hydrogen-bond donors (Lipinski definition) is 1. The second kappa shape index (κ2) is 6.72. The van der Waals surface area contributed by atoms with Gasteiger partial charge >= 0.3 is 0 Å². The van der Waals surface area contributed by atoms with E-state index in [1.165, 1.54) is 51.6 Å². The van der Waals surface area contributed by atoms with Crippen molar-refractivity contribution in [2.24, 2.45) is 0 Å². The molecular weight excluding hydrogens is 178 g/mol. The van der Waals surface area contributed by atoms with Gasteiger partial charge in [-0.3, -0.25) is 0 Å². The van der Waals surface area contributed by atoms with Crippen LogP contribution in [0.1, 0.15) is 45.4 Å². The average Bonchev–Trinajstić information content (AvgIpc) is 2.65. The van der Waals surface area contributed by atoms with Crippen molar-refractivity contribution >= 4 is 12.6 Å². The van der Waals surface area contributed by atoms with Crippen molar-refractivity contribution in [3.63, 3.8) is 0 Å². The molecule has 0 bridgehead atoms. The molecule has 2 heteroatoms. The molecule has 0 aromatic carbocycles. The molecule has 0 N–H and O–H groups in total. The number of thiol groups is 1. The SMILES string of the molecule is CCCC(CCCS)N1CCCC1. The lowest BCUT2D eigenvalue weighted by Gasteiger charge is -2.27. The molecule has 0 radical (unpaired) electrons. The molecule has 1 nitrogen and oxygen atoms in total. The summed E-state index contributed by atoms with van der Waals surface area (Å²) in [6, 6.07) is 0.861. The normalized spacial score (nSPS) is 20.8. The Kier molecular flexibility index (Phi) is 5.88. The highest BCUT2D eigenvalue weighted by Crippen LogP contribution is 2.19. The molecule has 0 amide bonds. The zero-order chi connectivity index (χ0) is 9.52. The maximum absolute atomic E-state index is 4.29. The first-order valence-electron chi connectivity index (χ1n) is 5.73. The Morgan fingerprint density at radius 2 is 1.92 bits per heavy atom. The highest BCUT2D eigenvalue weighted by atomic mass is 32.1. The largest absolute Gasteiger partial charge is 0.300 e. The van der Waals surface area contributed by atoms with E-state index in [4.69, 9.17) is 0 Å². The minimum atomic E-state index is 0.861. The summed E-state index contributed by atoms with van der Waals surface area (Å²) in [7, 11) is 0. The van der Waals surface area contributed by atoms with Crippen LogP contribution >= 0.6 is 12.6 Å². The smallest absolute Gasteiger partial charge is 0.00954 e. The zero-order valence-electron chi connectivity index (χ0n) is 8.84. The van der Waals surface area contributed by atoms with Crippen molar-refractivity contribution < 1.29 is 0 Å². The summed E-state index contributed by atoms with van der Waals surface area (Å²) in [4.78, 5) is 2.69. The van der Waals surface area contributed by atoms with E-state index in [1.54, 1.807) is 0 Å². The third-order valence-corrected chi connectivity index (χ3v) is 3.29. The molecule has 0 aromatic rings. The number of nitrogens with zero attached hydrogens (tertiary/aromatic N) is 1. The fourth-order valence-electron chi connectivity index (χ4n) is 2.28. The second-order valence-electron chi connectivity index (χ2n) is 4.05. The van der Waals surface area contributed by atoms with E-state index in [-0.39, 0.29) is 0 Å². The molecule has 1 atom stereocenters. The van der Waals surface area contributed by atoms with Gasteiger partial charge in [0.15, 0.2) is 0 Å². The Bertz CT molecular complexity index is 121. The Hall–Kier alpha value is 0.310. The maximum Gasteiger partial charge on any atom is 0.00954 e. The summed E-state index contributed by atoms with van der Waals surface area (Å²) >= 11 is 4.29. The van der Waals surface area contributed by atoms with Crippen molar-refractivity contribution in [2.45, 2.75) is 51.5 Å². The molecule has 0 aromatic heterocycles. The van der Waals surface area contributed by atoms with Crippen LogP contribution in [0.3, 0.4) is 0 Å². The molecule has 1 saturated heterocycles. The van der Waals surface area contributed by atoms with Crippen LogP contribution in [0.5, 0.6) is 0 Å². The molecule has 0 spiro atoms. The third-order valence-electron chi connectivity index (χ3n) is 2.97. The lowest BCUT2D eigenvalue weighted by Crippen LogP contribution is -2.32. The molecule has 78 valence electrons. The van der Waals surface area contributed by atoms with Crippen LogP contribution in [-0.2, 0) is 0 Å². The van der Waals surface area contributed by atoms with Gasteiger partial charge in [0, 0.05) is 6.04 Å².